The number of aliphatic hydroxyl groups excluding tert-OH is 1. The van der Waals surface area contributed by atoms with Crippen molar-refractivity contribution in [2.24, 2.45) is 0 Å². The Balaban J connectivity index is 1.74. The molecule has 0 aliphatic rings. The minimum Gasteiger partial charge on any atom is -0.390 e. The average molecular weight is 347 g/mol. The zero-order valence-electron chi connectivity index (χ0n) is 14.4. The molecular weight excluding hydrogens is 318 g/mol. The molecule has 1 aromatic heterocycles. The van der Waals surface area contributed by atoms with Crippen molar-refractivity contribution < 1.29 is 28.8 Å². The van der Waals surface area contributed by atoms with Crippen LogP contribution in [-0.4, -0.2) is 86.2 Å². The van der Waals surface area contributed by atoms with Gasteiger partial charge in [0.05, 0.1) is 78.8 Å². The van der Waals surface area contributed by atoms with Gasteiger partial charge in [-0.1, -0.05) is 5.21 Å². The van der Waals surface area contributed by atoms with Gasteiger partial charge in [-0.15, -0.1) is 5.10 Å². The predicted octanol–water partition coefficient (Wildman–Crippen LogP) is -0.127. The molecule has 0 fully saturated rings. The van der Waals surface area contributed by atoms with Crippen LogP contribution in [0.2, 0.25) is 0 Å². The first-order chi connectivity index (χ1) is 11.9. The zero-order chi connectivity index (χ0) is 17.3. The third-order valence-electron chi connectivity index (χ3n) is 2.90. The van der Waals surface area contributed by atoms with Crippen LogP contribution in [0.15, 0.2) is 6.20 Å². The summed E-state index contributed by atoms with van der Waals surface area (Å²) in [6.07, 6.45) is 1.69. The van der Waals surface area contributed by atoms with E-state index < -0.39 is 0 Å². The first kappa shape index (κ1) is 20.9. The Morgan fingerprint density at radius 1 is 0.833 bits per heavy atom. The summed E-state index contributed by atoms with van der Waals surface area (Å²) >= 11 is 0. The molecule has 0 aliphatic carbocycles. The third-order valence-corrected chi connectivity index (χ3v) is 2.90. The highest BCUT2D eigenvalue weighted by Crippen LogP contribution is 1.92. The molecule has 1 aromatic rings. The van der Waals surface area contributed by atoms with Crippen molar-refractivity contribution in [1.29, 1.82) is 0 Å². The second-order valence-electron chi connectivity index (χ2n) is 4.78. The maximum absolute atomic E-state index is 8.87. The number of rotatable bonds is 17. The average Bonchev–Trinajstić information content (AvgIpc) is 3.06. The smallest absolute Gasteiger partial charge is 0.108 e. The van der Waals surface area contributed by atoms with Crippen LogP contribution in [0.25, 0.3) is 0 Å². The van der Waals surface area contributed by atoms with E-state index in [0.29, 0.717) is 78.3 Å². The van der Waals surface area contributed by atoms with Crippen LogP contribution in [0.1, 0.15) is 12.6 Å². The lowest BCUT2D eigenvalue weighted by Gasteiger charge is -2.07. The van der Waals surface area contributed by atoms with Crippen molar-refractivity contribution in [3.8, 4) is 0 Å². The van der Waals surface area contributed by atoms with Crippen LogP contribution in [0, 0.1) is 0 Å². The van der Waals surface area contributed by atoms with Gasteiger partial charge in [-0.2, -0.15) is 0 Å². The molecule has 0 spiro atoms. The van der Waals surface area contributed by atoms with E-state index in [0.717, 1.165) is 0 Å². The van der Waals surface area contributed by atoms with Crippen molar-refractivity contribution in [1.82, 2.24) is 15.0 Å². The Morgan fingerprint density at radius 2 is 1.33 bits per heavy atom. The topological polar surface area (TPSA) is 97.1 Å². The fraction of sp³-hybridized carbons (Fsp3) is 0.867. The molecular formula is C15H29N3O6. The van der Waals surface area contributed by atoms with Gasteiger partial charge in [0.1, 0.15) is 5.69 Å². The monoisotopic (exact) mass is 347 g/mol. The summed E-state index contributed by atoms with van der Waals surface area (Å²) in [5, 5.41) is 16.5. The van der Waals surface area contributed by atoms with Crippen molar-refractivity contribution in [3.05, 3.63) is 11.9 Å². The van der Waals surface area contributed by atoms with Crippen LogP contribution in [0.3, 0.4) is 0 Å². The largest absolute Gasteiger partial charge is 0.390 e. The van der Waals surface area contributed by atoms with Crippen molar-refractivity contribution >= 4 is 0 Å². The van der Waals surface area contributed by atoms with Gasteiger partial charge in [0, 0.05) is 6.61 Å². The van der Waals surface area contributed by atoms with E-state index in [1.807, 2.05) is 6.92 Å². The highest BCUT2D eigenvalue weighted by molar-refractivity contribution is 4.88. The lowest BCUT2D eigenvalue weighted by molar-refractivity contribution is -0.0108. The van der Waals surface area contributed by atoms with Gasteiger partial charge in [-0.3, -0.25) is 0 Å². The Kier molecular flexibility index (Phi) is 13.5. The van der Waals surface area contributed by atoms with Gasteiger partial charge in [-0.05, 0) is 6.92 Å². The summed E-state index contributed by atoms with van der Waals surface area (Å²) < 4.78 is 28.3. The second kappa shape index (κ2) is 15.4. The van der Waals surface area contributed by atoms with Gasteiger partial charge in [0.2, 0.25) is 0 Å². The summed E-state index contributed by atoms with van der Waals surface area (Å²) in [4.78, 5) is 0. The molecule has 0 amide bonds. The van der Waals surface area contributed by atoms with E-state index in [9.17, 15) is 0 Å². The minimum atomic E-state index is -0.101. The molecule has 0 saturated carbocycles. The second-order valence-corrected chi connectivity index (χ2v) is 4.78. The molecule has 0 atom stereocenters. The summed E-state index contributed by atoms with van der Waals surface area (Å²) in [6.45, 7) is 8.14. The summed E-state index contributed by atoms with van der Waals surface area (Å²) in [7, 11) is 0. The van der Waals surface area contributed by atoms with E-state index in [2.05, 4.69) is 10.3 Å². The molecule has 0 aliphatic heterocycles. The van der Waals surface area contributed by atoms with E-state index in [1.54, 1.807) is 10.9 Å². The molecule has 0 aromatic carbocycles. The lowest BCUT2D eigenvalue weighted by Crippen LogP contribution is -2.14. The minimum absolute atomic E-state index is 0.101. The highest BCUT2D eigenvalue weighted by Gasteiger charge is 1.98. The van der Waals surface area contributed by atoms with E-state index in [1.165, 1.54) is 0 Å². The molecule has 0 unspecified atom stereocenters. The number of hydrogen-bond donors (Lipinski definition) is 1. The number of nitrogens with zero attached hydrogens (tertiary/aromatic N) is 3. The molecule has 9 heteroatoms. The predicted molar refractivity (Wildman–Crippen MR) is 85.7 cm³/mol. The molecule has 24 heavy (non-hydrogen) atoms. The van der Waals surface area contributed by atoms with E-state index in [-0.39, 0.29) is 6.61 Å². The van der Waals surface area contributed by atoms with Gasteiger partial charge in [0.15, 0.2) is 0 Å². The molecule has 140 valence electrons. The molecule has 1 N–H and O–H groups in total. The Hall–Kier alpha value is -1.10. The molecule has 0 radical (unpaired) electrons. The Labute approximate surface area is 142 Å². The molecule has 1 heterocycles. The SMILES string of the molecule is CCOCCOCCOCCOCCOCCn1cc(CO)nn1. The fourth-order valence-corrected chi connectivity index (χ4v) is 1.70. The number of ether oxygens (including phenoxy) is 5. The summed E-state index contributed by atoms with van der Waals surface area (Å²) in [6, 6.07) is 0. The highest BCUT2D eigenvalue weighted by atomic mass is 16.6. The van der Waals surface area contributed by atoms with Crippen LogP contribution in [0.5, 0.6) is 0 Å². The number of hydrogen-bond acceptors (Lipinski definition) is 8. The number of aromatic nitrogens is 3. The maximum atomic E-state index is 8.87. The number of aliphatic hydroxyl groups is 1. The van der Waals surface area contributed by atoms with Gasteiger partial charge in [-0.25, -0.2) is 4.68 Å². The van der Waals surface area contributed by atoms with Gasteiger partial charge >= 0.3 is 0 Å². The zero-order valence-corrected chi connectivity index (χ0v) is 14.4. The van der Waals surface area contributed by atoms with Crippen molar-refractivity contribution in [2.45, 2.75) is 20.1 Å². The van der Waals surface area contributed by atoms with E-state index >= 15 is 0 Å². The Bertz CT molecular complexity index is 391. The van der Waals surface area contributed by atoms with Crippen LogP contribution in [-0.2, 0) is 36.8 Å². The van der Waals surface area contributed by atoms with Gasteiger partial charge < -0.3 is 28.8 Å². The normalized spacial score (nSPS) is 11.2. The third kappa shape index (κ3) is 11.4. The van der Waals surface area contributed by atoms with Crippen LogP contribution in [0.4, 0.5) is 0 Å². The lowest BCUT2D eigenvalue weighted by atomic mass is 10.5. The van der Waals surface area contributed by atoms with Gasteiger partial charge in [0.25, 0.3) is 0 Å². The molecule has 9 nitrogen and oxygen atoms in total. The molecule has 0 saturated heterocycles. The summed E-state index contributed by atoms with van der Waals surface area (Å²) in [5.74, 6) is 0. The van der Waals surface area contributed by atoms with Crippen molar-refractivity contribution in [2.75, 3.05) is 66.1 Å². The van der Waals surface area contributed by atoms with Crippen molar-refractivity contribution in [3.63, 3.8) is 0 Å². The first-order valence-corrected chi connectivity index (χ1v) is 8.25. The van der Waals surface area contributed by atoms with E-state index in [4.69, 9.17) is 28.8 Å². The standard InChI is InChI=1S/C15H29N3O6/c1-2-20-5-6-22-9-10-24-12-11-23-8-7-21-4-3-18-13-15(14-19)16-17-18/h13,19H,2-12,14H2,1H3. The Morgan fingerprint density at radius 3 is 1.79 bits per heavy atom. The van der Waals surface area contributed by atoms with Crippen LogP contribution >= 0.6 is 0 Å². The first-order valence-electron chi connectivity index (χ1n) is 8.25. The maximum Gasteiger partial charge on any atom is 0.108 e. The molecule has 0 bridgehead atoms. The quantitative estimate of drug-likeness (QED) is 0.389. The van der Waals surface area contributed by atoms with Crippen LogP contribution < -0.4 is 0 Å². The summed E-state index contributed by atoms with van der Waals surface area (Å²) in [5.41, 5.74) is 0.554. The fourth-order valence-electron chi connectivity index (χ4n) is 1.70. The molecule has 1 rings (SSSR count).